The summed E-state index contributed by atoms with van der Waals surface area (Å²) in [6, 6.07) is 1.01. The van der Waals surface area contributed by atoms with Crippen molar-refractivity contribution in [2.24, 2.45) is 4.99 Å². The molecule has 1 atom stereocenters. The van der Waals surface area contributed by atoms with Gasteiger partial charge in [0.2, 0.25) is 5.91 Å². The molecule has 1 heterocycles. The number of likely N-dealkylation sites (tertiary alicyclic amines) is 1. The van der Waals surface area contributed by atoms with Crippen molar-refractivity contribution in [3.8, 4) is 0 Å². The number of guanidine groups is 1. The van der Waals surface area contributed by atoms with E-state index in [-0.39, 0.29) is 29.9 Å². The van der Waals surface area contributed by atoms with E-state index in [0.717, 1.165) is 31.9 Å². The van der Waals surface area contributed by atoms with Gasteiger partial charge < -0.3 is 16.0 Å². The average molecular weight is 451 g/mol. The van der Waals surface area contributed by atoms with Gasteiger partial charge in [0.25, 0.3) is 0 Å². The second-order valence-electron chi connectivity index (χ2n) is 6.60. The molecule has 1 aliphatic carbocycles. The van der Waals surface area contributed by atoms with Crippen LogP contribution in [0.5, 0.6) is 0 Å². The Kier molecular flexibility index (Phi) is 10.6. The van der Waals surface area contributed by atoms with E-state index in [2.05, 4.69) is 32.8 Å². The van der Waals surface area contributed by atoms with Crippen molar-refractivity contribution < 1.29 is 4.79 Å². The smallest absolute Gasteiger partial charge is 0.221 e. The van der Waals surface area contributed by atoms with E-state index in [1.807, 2.05) is 0 Å². The minimum absolute atomic E-state index is 0. The molecule has 6 nitrogen and oxygen atoms in total. The molecule has 1 aliphatic heterocycles. The van der Waals surface area contributed by atoms with Gasteiger partial charge in [-0.05, 0) is 38.8 Å². The molecule has 140 valence electrons. The highest BCUT2D eigenvalue weighted by Crippen LogP contribution is 2.17. The van der Waals surface area contributed by atoms with E-state index in [0.29, 0.717) is 25.0 Å². The molecule has 7 heteroatoms. The zero-order valence-corrected chi connectivity index (χ0v) is 17.5. The second-order valence-corrected chi connectivity index (χ2v) is 6.60. The largest absolute Gasteiger partial charge is 0.356 e. The summed E-state index contributed by atoms with van der Waals surface area (Å²) >= 11 is 0. The van der Waals surface area contributed by atoms with Gasteiger partial charge in [-0.25, -0.2) is 0 Å². The van der Waals surface area contributed by atoms with Crippen LogP contribution in [0.2, 0.25) is 0 Å². The molecule has 0 spiro atoms. The molecule has 1 unspecified atom stereocenters. The van der Waals surface area contributed by atoms with Crippen LogP contribution in [0, 0.1) is 0 Å². The zero-order valence-electron chi connectivity index (χ0n) is 15.1. The number of likely N-dealkylation sites (N-methyl/N-ethyl adjacent to an activating group) is 1. The Hall–Kier alpha value is -0.570. The molecule has 0 aromatic carbocycles. The molecule has 2 fully saturated rings. The number of carbonyl (C=O) groups excluding carboxylic acids is 1. The summed E-state index contributed by atoms with van der Waals surface area (Å²) in [6.45, 7) is 6.08. The SMILES string of the molecule is CCN1CCCC1CNC(=NC)NCCC(=O)NC1CCCC1.I. The lowest BCUT2D eigenvalue weighted by molar-refractivity contribution is -0.121. The van der Waals surface area contributed by atoms with Gasteiger partial charge in [-0.3, -0.25) is 14.7 Å². The number of nitrogens with zero attached hydrogens (tertiary/aromatic N) is 2. The van der Waals surface area contributed by atoms with Crippen molar-refractivity contribution >= 4 is 35.8 Å². The van der Waals surface area contributed by atoms with Gasteiger partial charge in [0.05, 0.1) is 0 Å². The highest BCUT2D eigenvalue weighted by Gasteiger charge is 2.22. The number of aliphatic imine (C=N–C) groups is 1. The topological polar surface area (TPSA) is 68.8 Å². The van der Waals surface area contributed by atoms with Gasteiger partial charge in [-0.15, -0.1) is 24.0 Å². The second kappa shape index (κ2) is 11.9. The molecule has 3 N–H and O–H groups in total. The first-order valence-corrected chi connectivity index (χ1v) is 9.21. The van der Waals surface area contributed by atoms with Gasteiger partial charge >= 0.3 is 0 Å². The lowest BCUT2D eigenvalue weighted by Gasteiger charge is -2.24. The van der Waals surface area contributed by atoms with E-state index >= 15 is 0 Å². The van der Waals surface area contributed by atoms with Gasteiger partial charge in [-0.1, -0.05) is 19.8 Å². The van der Waals surface area contributed by atoms with Crippen LogP contribution < -0.4 is 16.0 Å². The lowest BCUT2D eigenvalue weighted by atomic mass is 10.2. The van der Waals surface area contributed by atoms with E-state index in [1.54, 1.807) is 7.05 Å². The van der Waals surface area contributed by atoms with Crippen molar-refractivity contribution in [2.45, 2.75) is 64.0 Å². The number of halogens is 1. The molecule has 1 saturated heterocycles. The maximum Gasteiger partial charge on any atom is 0.221 e. The lowest BCUT2D eigenvalue weighted by Crippen LogP contribution is -2.45. The summed E-state index contributed by atoms with van der Waals surface area (Å²) in [5, 5.41) is 9.74. The molecule has 24 heavy (non-hydrogen) atoms. The Labute approximate surface area is 163 Å². The van der Waals surface area contributed by atoms with Crippen LogP contribution in [-0.4, -0.2) is 62.1 Å². The fourth-order valence-corrected chi connectivity index (χ4v) is 3.64. The van der Waals surface area contributed by atoms with Crippen molar-refractivity contribution in [3.05, 3.63) is 0 Å². The number of amides is 1. The summed E-state index contributed by atoms with van der Waals surface area (Å²) in [5.74, 6) is 0.939. The Morgan fingerprint density at radius 1 is 1.17 bits per heavy atom. The summed E-state index contributed by atoms with van der Waals surface area (Å²) in [6.07, 6.45) is 7.80. The Morgan fingerprint density at radius 3 is 2.58 bits per heavy atom. The Bertz CT molecular complexity index is 398. The first-order chi connectivity index (χ1) is 11.2. The van der Waals surface area contributed by atoms with Gasteiger partial charge in [0.15, 0.2) is 5.96 Å². The minimum Gasteiger partial charge on any atom is -0.356 e. The molecule has 0 aromatic heterocycles. The Morgan fingerprint density at radius 2 is 1.92 bits per heavy atom. The predicted octanol–water partition coefficient (Wildman–Crippen LogP) is 1.70. The zero-order chi connectivity index (χ0) is 16.5. The van der Waals surface area contributed by atoms with Crippen molar-refractivity contribution in [1.82, 2.24) is 20.9 Å². The molecule has 1 amide bonds. The number of hydrogen-bond acceptors (Lipinski definition) is 3. The van der Waals surface area contributed by atoms with Crippen molar-refractivity contribution in [3.63, 3.8) is 0 Å². The number of nitrogens with one attached hydrogen (secondary N) is 3. The summed E-state index contributed by atoms with van der Waals surface area (Å²) in [5.41, 5.74) is 0. The number of carbonyl (C=O) groups is 1. The molecule has 0 aromatic rings. The molecule has 2 aliphatic rings. The van der Waals surface area contributed by atoms with Crippen molar-refractivity contribution in [1.29, 1.82) is 0 Å². The molecule has 2 rings (SSSR count). The fourth-order valence-electron chi connectivity index (χ4n) is 3.64. The molecule has 0 radical (unpaired) electrons. The third-order valence-corrected chi connectivity index (χ3v) is 5.00. The van der Waals surface area contributed by atoms with Crippen LogP contribution in [0.1, 0.15) is 51.9 Å². The van der Waals surface area contributed by atoms with Crippen LogP contribution in [-0.2, 0) is 4.79 Å². The van der Waals surface area contributed by atoms with Crippen LogP contribution >= 0.6 is 24.0 Å². The standard InChI is InChI=1S/C17H33N5O.HI/c1-3-22-12-6-9-15(22)13-20-17(18-2)19-11-10-16(23)21-14-7-4-5-8-14;/h14-15H,3-13H2,1-2H3,(H,21,23)(H2,18,19,20);1H. The van der Waals surface area contributed by atoms with Gasteiger partial charge in [0, 0.05) is 38.6 Å². The number of rotatable bonds is 7. The van der Waals surface area contributed by atoms with Gasteiger partial charge in [0.1, 0.15) is 0 Å². The van der Waals surface area contributed by atoms with Crippen LogP contribution in [0.25, 0.3) is 0 Å². The maximum atomic E-state index is 11.9. The van der Waals surface area contributed by atoms with Crippen molar-refractivity contribution in [2.75, 3.05) is 33.2 Å². The van der Waals surface area contributed by atoms with Crippen LogP contribution in [0.15, 0.2) is 4.99 Å². The fraction of sp³-hybridized carbons (Fsp3) is 0.882. The summed E-state index contributed by atoms with van der Waals surface area (Å²) < 4.78 is 0. The van der Waals surface area contributed by atoms with Gasteiger partial charge in [-0.2, -0.15) is 0 Å². The quantitative estimate of drug-likeness (QED) is 0.313. The normalized spacial score (nSPS) is 22.2. The third-order valence-electron chi connectivity index (χ3n) is 5.00. The van der Waals surface area contributed by atoms with Crippen LogP contribution in [0.3, 0.4) is 0 Å². The van der Waals surface area contributed by atoms with E-state index in [9.17, 15) is 4.79 Å². The predicted molar refractivity (Wildman–Crippen MR) is 110 cm³/mol. The van der Waals surface area contributed by atoms with E-state index in [1.165, 1.54) is 32.2 Å². The first kappa shape index (κ1) is 21.5. The summed E-state index contributed by atoms with van der Waals surface area (Å²) in [7, 11) is 1.78. The molecule has 0 bridgehead atoms. The summed E-state index contributed by atoms with van der Waals surface area (Å²) in [4.78, 5) is 18.7. The van der Waals surface area contributed by atoms with E-state index in [4.69, 9.17) is 0 Å². The highest BCUT2D eigenvalue weighted by atomic mass is 127. The average Bonchev–Trinajstić information content (AvgIpc) is 3.21. The molecular weight excluding hydrogens is 417 g/mol. The minimum atomic E-state index is 0. The molecule has 1 saturated carbocycles. The monoisotopic (exact) mass is 451 g/mol. The molecular formula is C17H34IN5O. The van der Waals surface area contributed by atoms with Crippen LogP contribution in [0.4, 0.5) is 0 Å². The third kappa shape index (κ3) is 7.13. The highest BCUT2D eigenvalue weighted by molar-refractivity contribution is 14.0. The van der Waals surface area contributed by atoms with E-state index < -0.39 is 0 Å². The first-order valence-electron chi connectivity index (χ1n) is 9.21. The Balaban J connectivity index is 0.00000288. The maximum absolute atomic E-state index is 11.9. The number of hydrogen-bond donors (Lipinski definition) is 3.